The standard InChI is InChI=1S/C23H28N4O5/c28-21-8-1-2-9-27(21)18-6-3-5-17(15-18)25-23(30)22(29)24-16-19(20-7-4-12-32-20)26-10-13-31-14-11-26/h3-7,12,15,19H,1-2,8-11,13-14,16H2,(H,24,29)(H,25,30). The van der Waals surface area contributed by atoms with Gasteiger partial charge in [-0.2, -0.15) is 0 Å². The van der Waals surface area contributed by atoms with Gasteiger partial charge in [0.2, 0.25) is 5.91 Å². The van der Waals surface area contributed by atoms with Crippen LogP contribution in [0, 0.1) is 0 Å². The number of carbonyl (C=O) groups is 3. The van der Waals surface area contributed by atoms with Gasteiger partial charge in [0.1, 0.15) is 5.76 Å². The Balaban J connectivity index is 1.36. The lowest BCUT2D eigenvalue weighted by Gasteiger charge is -2.33. The molecule has 0 aliphatic carbocycles. The molecule has 2 aromatic rings. The second-order valence-electron chi connectivity index (χ2n) is 7.90. The minimum atomic E-state index is -0.757. The summed E-state index contributed by atoms with van der Waals surface area (Å²) < 4.78 is 11.0. The number of piperidine rings is 1. The summed E-state index contributed by atoms with van der Waals surface area (Å²) in [5.41, 5.74) is 1.19. The summed E-state index contributed by atoms with van der Waals surface area (Å²) in [6.45, 7) is 3.56. The van der Waals surface area contributed by atoms with Gasteiger partial charge in [-0.25, -0.2) is 0 Å². The highest BCUT2D eigenvalue weighted by Crippen LogP contribution is 2.24. The third kappa shape index (κ3) is 5.35. The molecule has 1 aromatic carbocycles. The number of anilines is 2. The maximum atomic E-state index is 12.5. The largest absolute Gasteiger partial charge is 0.468 e. The first-order valence-corrected chi connectivity index (χ1v) is 11.0. The molecule has 0 saturated carbocycles. The molecule has 9 nitrogen and oxygen atoms in total. The smallest absolute Gasteiger partial charge is 0.313 e. The van der Waals surface area contributed by atoms with E-state index in [0.29, 0.717) is 31.9 Å². The first kappa shape index (κ1) is 22.0. The van der Waals surface area contributed by atoms with Crippen molar-refractivity contribution >= 4 is 29.1 Å². The van der Waals surface area contributed by atoms with Crippen LogP contribution in [-0.2, 0) is 19.1 Å². The van der Waals surface area contributed by atoms with E-state index in [1.165, 1.54) is 0 Å². The van der Waals surface area contributed by atoms with Crippen LogP contribution < -0.4 is 15.5 Å². The van der Waals surface area contributed by atoms with E-state index in [1.807, 2.05) is 12.1 Å². The number of benzene rings is 1. The number of rotatable bonds is 6. The molecule has 2 saturated heterocycles. The second-order valence-corrected chi connectivity index (χ2v) is 7.90. The molecule has 2 N–H and O–H groups in total. The summed E-state index contributed by atoms with van der Waals surface area (Å²) in [5.74, 6) is -0.683. The van der Waals surface area contributed by atoms with Gasteiger partial charge in [0.05, 0.1) is 25.5 Å². The average Bonchev–Trinajstić information content (AvgIpc) is 3.35. The van der Waals surface area contributed by atoms with Crippen molar-refractivity contribution in [2.45, 2.75) is 25.3 Å². The topological polar surface area (TPSA) is 104 Å². The van der Waals surface area contributed by atoms with E-state index >= 15 is 0 Å². The number of hydrogen-bond donors (Lipinski definition) is 2. The van der Waals surface area contributed by atoms with E-state index in [-0.39, 0.29) is 18.5 Å². The number of amides is 3. The zero-order valence-electron chi connectivity index (χ0n) is 17.9. The summed E-state index contributed by atoms with van der Waals surface area (Å²) in [7, 11) is 0. The van der Waals surface area contributed by atoms with Crippen molar-refractivity contribution in [2.24, 2.45) is 0 Å². The van der Waals surface area contributed by atoms with Gasteiger partial charge in [0, 0.05) is 44.0 Å². The molecule has 170 valence electrons. The first-order valence-electron chi connectivity index (χ1n) is 11.0. The van der Waals surface area contributed by atoms with Gasteiger partial charge in [0.25, 0.3) is 0 Å². The number of nitrogens with zero attached hydrogens (tertiary/aromatic N) is 2. The van der Waals surface area contributed by atoms with Crippen LogP contribution in [0.2, 0.25) is 0 Å². The maximum absolute atomic E-state index is 12.5. The molecule has 1 aromatic heterocycles. The SMILES string of the molecule is O=C(NCC(c1ccco1)N1CCOCC1)C(=O)Nc1cccc(N2CCCCC2=O)c1. The van der Waals surface area contributed by atoms with Gasteiger partial charge in [-0.3, -0.25) is 19.3 Å². The Bertz CT molecular complexity index is 940. The number of furan rings is 1. The van der Waals surface area contributed by atoms with E-state index in [0.717, 1.165) is 37.4 Å². The zero-order valence-corrected chi connectivity index (χ0v) is 17.9. The van der Waals surface area contributed by atoms with Crippen molar-refractivity contribution < 1.29 is 23.5 Å². The lowest BCUT2D eigenvalue weighted by atomic mass is 10.1. The van der Waals surface area contributed by atoms with Gasteiger partial charge in [0.15, 0.2) is 0 Å². The van der Waals surface area contributed by atoms with Crippen LogP contribution in [0.1, 0.15) is 31.1 Å². The van der Waals surface area contributed by atoms with Crippen LogP contribution in [0.25, 0.3) is 0 Å². The molecule has 0 radical (unpaired) electrons. The fourth-order valence-electron chi connectivity index (χ4n) is 4.07. The van der Waals surface area contributed by atoms with E-state index in [9.17, 15) is 14.4 Å². The zero-order chi connectivity index (χ0) is 22.3. The van der Waals surface area contributed by atoms with Crippen molar-refractivity contribution in [3.8, 4) is 0 Å². The molecule has 0 bridgehead atoms. The predicted octanol–water partition coefficient (Wildman–Crippen LogP) is 1.92. The Labute approximate surface area is 186 Å². The fourth-order valence-corrected chi connectivity index (χ4v) is 4.07. The monoisotopic (exact) mass is 440 g/mol. The molecule has 3 amide bonds. The summed E-state index contributed by atoms with van der Waals surface area (Å²) in [6.07, 6.45) is 3.97. The Hall–Kier alpha value is -3.17. The number of carbonyl (C=O) groups excluding carboxylic acids is 3. The highest BCUT2D eigenvalue weighted by molar-refractivity contribution is 6.39. The molecular formula is C23H28N4O5. The van der Waals surface area contributed by atoms with E-state index in [1.54, 1.807) is 35.4 Å². The number of morpholine rings is 1. The van der Waals surface area contributed by atoms with Crippen molar-refractivity contribution in [3.63, 3.8) is 0 Å². The second kappa shape index (κ2) is 10.4. The van der Waals surface area contributed by atoms with Crippen LogP contribution in [-0.4, -0.2) is 62.0 Å². The van der Waals surface area contributed by atoms with E-state index in [2.05, 4.69) is 15.5 Å². The highest BCUT2D eigenvalue weighted by atomic mass is 16.5. The Morgan fingerprint density at radius 3 is 2.62 bits per heavy atom. The minimum absolute atomic E-state index is 0.0737. The Kier molecular flexibility index (Phi) is 7.18. The number of nitrogens with one attached hydrogen (secondary N) is 2. The van der Waals surface area contributed by atoms with Gasteiger partial charge in [-0.05, 0) is 43.2 Å². The number of hydrogen-bond acceptors (Lipinski definition) is 6. The van der Waals surface area contributed by atoms with E-state index < -0.39 is 11.8 Å². The summed E-state index contributed by atoms with van der Waals surface area (Å²) >= 11 is 0. The first-order chi connectivity index (χ1) is 15.6. The number of ether oxygens (including phenoxy) is 1. The molecule has 0 spiro atoms. The van der Waals surface area contributed by atoms with Gasteiger partial charge < -0.3 is 24.7 Å². The quantitative estimate of drug-likeness (QED) is 0.665. The van der Waals surface area contributed by atoms with Crippen molar-refractivity contribution in [1.29, 1.82) is 0 Å². The third-order valence-electron chi connectivity index (χ3n) is 5.76. The molecule has 9 heteroatoms. The van der Waals surface area contributed by atoms with Crippen LogP contribution in [0.5, 0.6) is 0 Å². The van der Waals surface area contributed by atoms with Gasteiger partial charge in [-0.1, -0.05) is 6.07 Å². The molecule has 1 atom stereocenters. The summed E-state index contributed by atoms with van der Waals surface area (Å²) in [6, 6.07) is 10.5. The molecular weight excluding hydrogens is 412 g/mol. The maximum Gasteiger partial charge on any atom is 0.313 e. The van der Waals surface area contributed by atoms with Crippen molar-refractivity contribution in [1.82, 2.24) is 10.2 Å². The summed E-state index contributed by atoms with van der Waals surface area (Å²) in [5, 5.41) is 5.34. The average molecular weight is 441 g/mol. The molecule has 3 heterocycles. The van der Waals surface area contributed by atoms with Gasteiger partial charge in [-0.15, -0.1) is 0 Å². The van der Waals surface area contributed by atoms with Crippen LogP contribution in [0.3, 0.4) is 0 Å². The molecule has 4 rings (SSSR count). The lowest BCUT2D eigenvalue weighted by molar-refractivity contribution is -0.136. The normalized spacial score (nSPS) is 18.2. The van der Waals surface area contributed by atoms with Crippen molar-refractivity contribution in [3.05, 3.63) is 48.4 Å². The Morgan fingerprint density at radius 2 is 1.88 bits per heavy atom. The third-order valence-corrected chi connectivity index (χ3v) is 5.76. The van der Waals surface area contributed by atoms with Crippen LogP contribution >= 0.6 is 0 Å². The van der Waals surface area contributed by atoms with Crippen molar-refractivity contribution in [2.75, 3.05) is 49.6 Å². The Morgan fingerprint density at radius 1 is 1.03 bits per heavy atom. The van der Waals surface area contributed by atoms with Crippen LogP contribution in [0.15, 0.2) is 47.1 Å². The predicted molar refractivity (Wildman–Crippen MR) is 118 cm³/mol. The molecule has 2 aliphatic heterocycles. The molecule has 32 heavy (non-hydrogen) atoms. The summed E-state index contributed by atoms with van der Waals surface area (Å²) in [4.78, 5) is 41.0. The highest BCUT2D eigenvalue weighted by Gasteiger charge is 2.26. The lowest BCUT2D eigenvalue weighted by Crippen LogP contribution is -2.45. The molecule has 2 aliphatic rings. The minimum Gasteiger partial charge on any atom is -0.468 e. The fraction of sp³-hybridized carbons (Fsp3) is 0.435. The molecule has 1 unspecified atom stereocenters. The molecule has 2 fully saturated rings. The van der Waals surface area contributed by atoms with Gasteiger partial charge >= 0.3 is 11.8 Å². The van der Waals surface area contributed by atoms with Crippen LogP contribution in [0.4, 0.5) is 11.4 Å². The van der Waals surface area contributed by atoms with E-state index in [4.69, 9.17) is 9.15 Å².